The van der Waals surface area contributed by atoms with E-state index in [-0.39, 0.29) is 0 Å². The van der Waals surface area contributed by atoms with Crippen LogP contribution >= 0.6 is 0 Å². The molecule has 0 bridgehead atoms. The van der Waals surface area contributed by atoms with E-state index in [2.05, 4.69) is 140 Å². The van der Waals surface area contributed by atoms with Crippen molar-refractivity contribution < 1.29 is 13.7 Å². The minimum Gasteiger partial charge on any atom is -0.461 e. The Hall–Kier alpha value is -7.57. The van der Waals surface area contributed by atoms with Gasteiger partial charge < -0.3 is 19.0 Å². The molecular formula is C53H45N3O3. The van der Waals surface area contributed by atoms with E-state index in [0.29, 0.717) is 12.0 Å². The number of benzene rings is 4. The zero-order chi connectivity index (χ0) is 40.7. The molecule has 3 aromatic heterocycles. The summed E-state index contributed by atoms with van der Waals surface area (Å²) in [4.78, 5) is 9.94. The summed E-state index contributed by atoms with van der Waals surface area (Å²) >= 11 is 0. The van der Waals surface area contributed by atoms with Crippen LogP contribution in [-0.2, 0) is 13.0 Å². The number of rotatable bonds is 11. The van der Waals surface area contributed by atoms with E-state index in [1.165, 1.54) is 11.1 Å². The second kappa shape index (κ2) is 17.3. The fraction of sp³-hybridized carbons (Fsp3) is 0.0755. The zero-order valence-corrected chi connectivity index (χ0v) is 33.3. The normalized spacial score (nSPS) is 14.3. The minimum atomic E-state index is 0.703. The summed E-state index contributed by atoms with van der Waals surface area (Å²) < 4.78 is 12.4. The summed E-state index contributed by atoms with van der Waals surface area (Å²) in [6.07, 6.45) is 24.1. The Bertz CT molecular complexity index is 3000. The second-order valence-corrected chi connectivity index (χ2v) is 14.4. The van der Waals surface area contributed by atoms with Crippen LogP contribution in [0, 0.1) is 6.92 Å². The fourth-order valence-corrected chi connectivity index (χ4v) is 7.34. The lowest BCUT2D eigenvalue weighted by Crippen LogP contribution is -2.19. The van der Waals surface area contributed by atoms with Crippen LogP contribution in [0.2, 0.25) is 0 Å². The van der Waals surface area contributed by atoms with E-state index in [1.807, 2.05) is 55.7 Å². The van der Waals surface area contributed by atoms with Crippen molar-refractivity contribution in [2.45, 2.75) is 26.8 Å². The number of pyridine rings is 1. The molecule has 0 amide bonds. The van der Waals surface area contributed by atoms with Gasteiger partial charge in [0.1, 0.15) is 22.3 Å². The van der Waals surface area contributed by atoms with Crippen LogP contribution in [0.5, 0.6) is 5.75 Å². The SMILES string of the molecule is C=C/C=c1/oc2ccncc2/c1=C/C(=C)c1cccc(/C(C=C)=C/c2c(C)oc3ccc(-c4cccc(C/C=C\C=C(/C)c5ccc6c(c5)CN/C=C/NO6)c4)cc23)c1. The lowest BCUT2D eigenvalue weighted by molar-refractivity contribution is 0.237. The number of nitrogens with one attached hydrogen (secondary N) is 2. The van der Waals surface area contributed by atoms with Crippen LogP contribution < -0.4 is 26.3 Å². The topological polar surface area (TPSA) is 72.5 Å². The maximum atomic E-state index is 6.29. The maximum absolute atomic E-state index is 6.29. The highest BCUT2D eigenvalue weighted by Crippen LogP contribution is 2.34. The Morgan fingerprint density at radius 2 is 1.69 bits per heavy atom. The molecule has 59 heavy (non-hydrogen) atoms. The molecule has 6 nitrogen and oxygen atoms in total. The third kappa shape index (κ3) is 8.43. The van der Waals surface area contributed by atoms with Crippen LogP contribution in [0.1, 0.15) is 46.1 Å². The van der Waals surface area contributed by atoms with Gasteiger partial charge in [0.15, 0.2) is 5.75 Å². The Labute approximate surface area is 344 Å². The number of hydroxylamine groups is 1. The number of hydrogen-bond donors (Lipinski definition) is 2. The molecule has 7 aromatic rings. The van der Waals surface area contributed by atoms with Gasteiger partial charge in [-0.25, -0.2) is 5.48 Å². The highest BCUT2D eigenvalue weighted by atomic mass is 16.6. The molecule has 4 heterocycles. The number of nitrogens with zero attached hydrogens (tertiary/aromatic N) is 1. The standard InChI is InChI=1S/C53H45N3O3/c1-6-12-51-47(49-34-54-24-23-53(49)58-51)27-36(4)40-16-11-18-43(29-40)39(7-2)31-46-37(5)57-52-22-20-44(32-48(46)52)42-17-10-15-38(28-42)14-9-8-13-35(3)41-19-21-50-45(30-41)33-55-25-26-56-59-50/h6-13,15-32,34,55-56H,1-2,4,14,33H2,3,5H3/b9-8-,26-25+,35-13+,39-31+,47-27-,51-12+. The average molecular weight is 772 g/mol. The molecule has 290 valence electrons. The predicted octanol–water partition coefficient (Wildman–Crippen LogP) is 11.4. The first-order chi connectivity index (χ1) is 28.9. The number of fused-ring (bicyclic) bond motifs is 3. The molecule has 0 saturated heterocycles. The molecule has 0 spiro atoms. The molecule has 0 fully saturated rings. The highest BCUT2D eigenvalue weighted by molar-refractivity contribution is 5.99. The summed E-state index contributed by atoms with van der Waals surface area (Å²) in [5.41, 5.74) is 17.0. The van der Waals surface area contributed by atoms with Crippen LogP contribution in [0.25, 0.3) is 68.0 Å². The lowest BCUT2D eigenvalue weighted by Gasteiger charge is -2.15. The maximum Gasteiger partial charge on any atom is 0.160 e. The van der Waals surface area contributed by atoms with Gasteiger partial charge in [0.05, 0.1) is 6.20 Å². The number of allylic oxidation sites excluding steroid dienone is 8. The zero-order valence-electron chi connectivity index (χ0n) is 33.3. The Balaban J connectivity index is 1.03. The van der Waals surface area contributed by atoms with Gasteiger partial charge >= 0.3 is 0 Å². The number of furan rings is 2. The van der Waals surface area contributed by atoms with Crippen molar-refractivity contribution in [3.63, 3.8) is 0 Å². The molecular weight excluding hydrogens is 727 g/mol. The van der Waals surface area contributed by atoms with Crippen molar-refractivity contribution in [1.82, 2.24) is 15.8 Å². The Kier molecular flexibility index (Phi) is 11.2. The van der Waals surface area contributed by atoms with Crippen LogP contribution in [0.3, 0.4) is 0 Å². The quantitative estimate of drug-likeness (QED) is 0.128. The van der Waals surface area contributed by atoms with Crippen LogP contribution in [0.4, 0.5) is 0 Å². The van der Waals surface area contributed by atoms with Crippen molar-refractivity contribution in [1.29, 1.82) is 0 Å². The van der Waals surface area contributed by atoms with Crippen molar-refractivity contribution in [2.24, 2.45) is 0 Å². The van der Waals surface area contributed by atoms with Gasteiger partial charge in [-0.1, -0.05) is 105 Å². The lowest BCUT2D eigenvalue weighted by atomic mass is 9.96. The average Bonchev–Trinajstić information content (AvgIpc) is 3.76. The number of aryl methyl sites for hydroxylation is 1. The second-order valence-electron chi connectivity index (χ2n) is 14.4. The van der Waals surface area contributed by atoms with Crippen molar-refractivity contribution in [3.05, 3.63) is 216 Å². The van der Waals surface area contributed by atoms with Gasteiger partial charge in [0.2, 0.25) is 0 Å². The molecule has 1 aliphatic rings. The molecule has 6 heteroatoms. The van der Waals surface area contributed by atoms with Crippen molar-refractivity contribution in [3.8, 4) is 16.9 Å². The molecule has 0 aliphatic carbocycles. The molecule has 4 aromatic carbocycles. The van der Waals surface area contributed by atoms with E-state index in [0.717, 1.165) is 95.2 Å². The van der Waals surface area contributed by atoms with Gasteiger partial charge in [-0.05, 0) is 125 Å². The van der Waals surface area contributed by atoms with Crippen molar-refractivity contribution >= 4 is 56.9 Å². The van der Waals surface area contributed by atoms with E-state index >= 15 is 0 Å². The molecule has 2 N–H and O–H groups in total. The molecule has 0 saturated carbocycles. The number of hydrogen-bond acceptors (Lipinski definition) is 6. The van der Waals surface area contributed by atoms with Gasteiger partial charge in [0, 0.05) is 52.3 Å². The monoisotopic (exact) mass is 771 g/mol. The van der Waals surface area contributed by atoms with Gasteiger partial charge in [-0.2, -0.15) is 0 Å². The summed E-state index contributed by atoms with van der Waals surface area (Å²) in [5.74, 6) is 1.67. The largest absolute Gasteiger partial charge is 0.461 e. The van der Waals surface area contributed by atoms with Gasteiger partial charge in [-0.3, -0.25) is 4.98 Å². The van der Waals surface area contributed by atoms with Crippen molar-refractivity contribution in [2.75, 3.05) is 0 Å². The third-order valence-electron chi connectivity index (χ3n) is 10.5. The summed E-state index contributed by atoms with van der Waals surface area (Å²) in [5, 5.41) is 6.16. The summed E-state index contributed by atoms with van der Waals surface area (Å²) in [6, 6.07) is 31.6. The van der Waals surface area contributed by atoms with E-state index in [9.17, 15) is 0 Å². The minimum absolute atomic E-state index is 0.703. The Morgan fingerprint density at radius 1 is 0.847 bits per heavy atom. The third-order valence-corrected chi connectivity index (χ3v) is 10.5. The predicted molar refractivity (Wildman–Crippen MR) is 245 cm³/mol. The highest BCUT2D eigenvalue weighted by Gasteiger charge is 2.13. The van der Waals surface area contributed by atoms with Crippen LogP contribution in [0.15, 0.2) is 175 Å². The first-order valence-corrected chi connectivity index (χ1v) is 19.6. The Morgan fingerprint density at radius 3 is 2.58 bits per heavy atom. The smallest absolute Gasteiger partial charge is 0.160 e. The number of aromatic nitrogens is 1. The van der Waals surface area contributed by atoms with Crippen LogP contribution in [-0.4, -0.2) is 4.98 Å². The molecule has 0 radical (unpaired) electrons. The summed E-state index contributed by atoms with van der Waals surface area (Å²) in [7, 11) is 0. The van der Waals surface area contributed by atoms with E-state index in [4.69, 9.17) is 13.7 Å². The van der Waals surface area contributed by atoms with E-state index in [1.54, 1.807) is 18.5 Å². The molecule has 8 rings (SSSR count). The molecule has 1 aliphatic heterocycles. The fourth-order valence-electron chi connectivity index (χ4n) is 7.34. The summed E-state index contributed by atoms with van der Waals surface area (Å²) in [6.45, 7) is 17.3. The van der Waals surface area contributed by atoms with E-state index < -0.39 is 0 Å². The first kappa shape index (κ1) is 38.3. The molecule has 0 unspecified atom stereocenters. The van der Waals surface area contributed by atoms with Gasteiger partial charge in [-0.15, -0.1) is 0 Å². The van der Waals surface area contributed by atoms with Gasteiger partial charge in [0.25, 0.3) is 0 Å². The first-order valence-electron chi connectivity index (χ1n) is 19.6. The molecule has 0 atom stereocenters.